The van der Waals surface area contributed by atoms with Crippen LogP contribution in [-0.2, 0) is 5.41 Å². The first-order valence-electron chi connectivity index (χ1n) is 11.2. The van der Waals surface area contributed by atoms with Gasteiger partial charge in [-0.3, -0.25) is 0 Å². The Kier molecular flexibility index (Phi) is 4.62. The molecule has 0 fully saturated rings. The van der Waals surface area contributed by atoms with Crippen LogP contribution in [0, 0.1) is 0 Å². The molecule has 0 aliphatic heterocycles. The molecule has 34 heavy (non-hydrogen) atoms. The zero-order valence-corrected chi connectivity index (χ0v) is 22.7. The van der Waals surface area contributed by atoms with Gasteiger partial charge in [-0.25, -0.2) is 0 Å². The second-order valence-corrected chi connectivity index (χ2v) is 11.3. The van der Waals surface area contributed by atoms with Gasteiger partial charge in [0, 0.05) is 19.0 Å². The quantitative estimate of drug-likeness (QED) is 0.147. The van der Waals surface area contributed by atoms with E-state index in [4.69, 9.17) is 0 Å². The molecule has 0 saturated heterocycles. The summed E-state index contributed by atoms with van der Waals surface area (Å²) in [5.41, 5.74) is 12.4. The minimum absolute atomic E-state index is 0.441. The third kappa shape index (κ3) is 2.53. The molecule has 2 aliphatic carbocycles. The van der Waals surface area contributed by atoms with Gasteiger partial charge in [-0.15, -0.1) is 0 Å². The standard InChI is InChI=1S/C31H17Br3/c32-27-17-26-28(30(34)29(27)33)22-13-2-1-9-18(22)19-10-3-6-14-23(19)31(26)24-15-7-4-11-20(24)21-12-5-8-16-25(21)31/h1-17H. The van der Waals surface area contributed by atoms with Crippen LogP contribution in [0.1, 0.15) is 22.3 Å². The van der Waals surface area contributed by atoms with Crippen LogP contribution in [0.5, 0.6) is 0 Å². The smallest absolute Gasteiger partial charge is 0.0619 e. The lowest BCUT2D eigenvalue weighted by Gasteiger charge is -2.36. The van der Waals surface area contributed by atoms with Crippen LogP contribution in [0.25, 0.3) is 33.4 Å². The van der Waals surface area contributed by atoms with Gasteiger partial charge in [-0.05, 0) is 104 Å². The van der Waals surface area contributed by atoms with Crippen LogP contribution in [0.3, 0.4) is 0 Å². The fourth-order valence-corrected chi connectivity index (χ4v) is 7.74. The van der Waals surface area contributed by atoms with Crippen molar-refractivity contribution in [2.24, 2.45) is 0 Å². The van der Waals surface area contributed by atoms with E-state index in [0.717, 1.165) is 13.4 Å². The molecular formula is C31H17Br3. The highest BCUT2D eigenvalue weighted by Gasteiger charge is 2.50. The van der Waals surface area contributed by atoms with Crippen molar-refractivity contribution < 1.29 is 0 Å². The van der Waals surface area contributed by atoms with Gasteiger partial charge in [0.25, 0.3) is 0 Å². The Morgan fingerprint density at radius 3 is 1.35 bits per heavy atom. The maximum atomic E-state index is 4.00. The maximum absolute atomic E-state index is 4.00. The zero-order valence-electron chi connectivity index (χ0n) is 17.9. The largest absolute Gasteiger partial charge is 0.0726 e. The molecule has 0 saturated carbocycles. The van der Waals surface area contributed by atoms with Gasteiger partial charge >= 0.3 is 0 Å². The van der Waals surface area contributed by atoms with Crippen molar-refractivity contribution in [3.63, 3.8) is 0 Å². The van der Waals surface area contributed by atoms with E-state index in [1.165, 1.54) is 55.6 Å². The number of halogens is 3. The average Bonchev–Trinajstić information content (AvgIpc) is 3.12. The van der Waals surface area contributed by atoms with Crippen molar-refractivity contribution in [3.8, 4) is 33.4 Å². The third-order valence-electron chi connectivity index (χ3n) is 7.34. The molecular weight excluding hydrogens is 612 g/mol. The number of fused-ring (bicyclic) bond motifs is 12. The van der Waals surface area contributed by atoms with Crippen molar-refractivity contribution >= 4 is 47.8 Å². The van der Waals surface area contributed by atoms with Crippen LogP contribution in [-0.4, -0.2) is 0 Å². The molecule has 0 amide bonds. The molecule has 3 heteroatoms. The highest BCUT2D eigenvalue weighted by molar-refractivity contribution is 9.14. The highest BCUT2D eigenvalue weighted by atomic mass is 79.9. The summed E-state index contributed by atoms with van der Waals surface area (Å²) in [5, 5.41) is 0. The zero-order chi connectivity index (χ0) is 23.0. The van der Waals surface area contributed by atoms with Gasteiger partial charge in [-0.2, -0.15) is 0 Å². The fourth-order valence-electron chi connectivity index (χ4n) is 6.10. The molecule has 0 nitrogen and oxygen atoms in total. The van der Waals surface area contributed by atoms with Gasteiger partial charge in [-0.1, -0.05) is 97.1 Å². The lowest BCUT2D eigenvalue weighted by Crippen LogP contribution is -2.29. The monoisotopic (exact) mass is 626 g/mol. The van der Waals surface area contributed by atoms with Gasteiger partial charge in [0.1, 0.15) is 0 Å². The van der Waals surface area contributed by atoms with Crippen molar-refractivity contribution in [1.29, 1.82) is 0 Å². The molecule has 0 unspecified atom stereocenters. The van der Waals surface area contributed by atoms with Crippen molar-refractivity contribution in [1.82, 2.24) is 0 Å². The van der Waals surface area contributed by atoms with Crippen molar-refractivity contribution in [2.75, 3.05) is 0 Å². The lowest BCUT2D eigenvalue weighted by molar-refractivity contribution is 0.773. The van der Waals surface area contributed by atoms with Gasteiger partial charge in [0.15, 0.2) is 0 Å². The second kappa shape index (κ2) is 7.52. The van der Waals surface area contributed by atoms with E-state index < -0.39 is 5.41 Å². The van der Waals surface area contributed by atoms with Gasteiger partial charge < -0.3 is 0 Å². The predicted octanol–water partition coefficient (Wildman–Crippen LogP) is 9.98. The van der Waals surface area contributed by atoms with Gasteiger partial charge in [0.2, 0.25) is 0 Å². The van der Waals surface area contributed by atoms with Crippen molar-refractivity contribution in [2.45, 2.75) is 5.41 Å². The molecule has 0 N–H and O–H groups in total. The molecule has 0 atom stereocenters. The summed E-state index contributed by atoms with van der Waals surface area (Å²) in [7, 11) is 0. The number of hydrogen-bond donors (Lipinski definition) is 0. The van der Waals surface area contributed by atoms with Crippen LogP contribution in [0.2, 0.25) is 0 Å². The lowest BCUT2D eigenvalue weighted by atomic mass is 9.66. The summed E-state index contributed by atoms with van der Waals surface area (Å²) in [5.74, 6) is 0. The Bertz CT molecular complexity index is 1600. The van der Waals surface area contributed by atoms with E-state index in [0.29, 0.717) is 0 Å². The van der Waals surface area contributed by atoms with E-state index in [-0.39, 0.29) is 0 Å². The first kappa shape index (κ1) is 20.9. The SMILES string of the molecule is Brc1cc2c(c(Br)c1Br)-c1ccccc1-c1ccccc1C21c2ccccc2-c2ccccc21. The molecule has 162 valence electrons. The third-order valence-corrected chi connectivity index (χ3v) is 10.6. The van der Waals surface area contributed by atoms with Crippen LogP contribution in [0.15, 0.2) is 117 Å². The Balaban J connectivity index is 1.81. The van der Waals surface area contributed by atoms with E-state index in [1.54, 1.807) is 0 Å². The molecule has 0 heterocycles. The summed E-state index contributed by atoms with van der Waals surface area (Å²) in [6.07, 6.45) is 0. The summed E-state index contributed by atoms with van der Waals surface area (Å²) >= 11 is 11.7. The molecule has 1 spiro atoms. The van der Waals surface area contributed by atoms with Gasteiger partial charge in [0.05, 0.1) is 5.41 Å². The molecule has 7 rings (SSSR count). The van der Waals surface area contributed by atoms with Crippen molar-refractivity contribution in [3.05, 3.63) is 139 Å². The Morgan fingerprint density at radius 2 is 0.824 bits per heavy atom. The highest BCUT2D eigenvalue weighted by Crippen LogP contribution is 2.63. The fraction of sp³-hybridized carbons (Fsp3) is 0.0323. The summed E-state index contributed by atoms with van der Waals surface area (Å²) in [6, 6.07) is 37.9. The van der Waals surface area contributed by atoms with E-state index in [1.807, 2.05) is 0 Å². The Morgan fingerprint density at radius 1 is 0.412 bits per heavy atom. The summed E-state index contributed by atoms with van der Waals surface area (Å²) in [6.45, 7) is 0. The minimum Gasteiger partial charge on any atom is -0.0619 e. The van der Waals surface area contributed by atoms with Crippen LogP contribution < -0.4 is 0 Å². The van der Waals surface area contributed by atoms with E-state index in [2.05, 4.69) is 151 Å². The number of benzene rings is 5. The topological polar surface area (TPSA) is 0 Å². The molecule has 2 aliphatic rings. The summed E-state index contributed by atoms with van der Waals surface area (Å²) in [4.78, 5) is 0. The predicted molar refractivity (Wildman–Crippen MR) is 151 cm³/mol. The van der Waals surface area contributed by atoms with E-state index >= 15 is 0 Å². The average molecular weight is 629 g/mol. The molecule has 5 aromatic carbocycles. The van der Waals surface area contributed by atoms with Crippen LogP contribution >= 0.6 is 47.8 Å². The number of hydrogen-bond acceptors (Lipinski definition) is 0. The Hall–Kier alpha value is -2.46. The maximum Gasteiger partial charge on any atom is 0.0726 e. The first-order valence-corrected chi connectivity index (χ1v) is 13.6. The number of rotatable bonds is 0. The molecule has 5 aromatic rings. The normalized spacial score (nSPS) is 14.0. The molecule has 0 aromatic heterocycles. The Labute approximate surface area is 224 Å². The summed E-state index contributed by atoms with van der Waals surface area (Å²) < 4.78 is 3.14. The molecule has 0 radical (unpaired) electrons. The van der Waals surface area contributed by atoms with Crippen LogP contribution in [0.4, 0.5) is 0 Å². The minimum atomic E-state index is -0.441. The first-order chi connectivity index (χ1) is 16.6. The van der Waals surface area contributed by atoms with E-state index in [9.17, 15) is 0 Å². The molecule has 0 bridgehead atoms. The second-order valence-electron chi connectivity index (χ2n) is 8.84.